The topological polar surface area (TPSA) is 21.6 Å². The smallest absolute Gasteiger partial charge is 0.143 e. The van der Waals surface area contributed by atoms with Gasteiger partial charge in [-0.25, -0.2) is 4.39 Å². The lowest BCUT2D eigenvalue weighted by atomic mass is 10.2. The first kappa shape index (κ1) is 12.6. The van der Waals surface area contributed by atoms with E-state index in [1.54, 1.807) is 18.2 Å². The van der Waals surface area contributed by atoms with Crippen LogP contribution in [0.25, 0.3) is 0 Å². The summed E-state index contributed by atoms with van der Waals surface area (Å²) in [4.78, 5) is 5.07. The van der Waals surface area contributed by atoms with Gasteiger partial charge in [-0.05, 0) is 30.3 Å². The minimum Gasteiger partial charge on any atom is -0.390 e. The molecule has 2 rings (SSSR count). The predicted molar refractivity (Wildman–Crippen MR) is 69.2 cm³/mol. The molecule has 0 saturated carbocycles. The maximum atomic E-state index is 12.6. The standard InChI is InChI=1S/C14H10ClFNO/c15-14-4-2-1-3-12(14)10-18-17-9-11-5-7-13(16)8-6-11/h1-8H,10H2. The van der Waals surface area contributed by atoms with E-state index < -0.39 is 0 Å². The first-order valence-electron chi connectivity index (χ1n) is 5.33. The number of rotatable bonds is 4. The number of hydrogen-bond donors (Lipinski definition) is 0. The molecule has 2 aromatic carbocycles. The van der Waals surface area contributed by atoms with Gasteiger partial charge >= 0.3 is 0 Å². The van der Waals surface area contributed by atoms with Gasteiger partial charge in [0, 0.05) is 16.1 Å². The molecule has 0 bridgehead atoms. The Morgan fingerprint density at radius 3 is 2.56 bits per heavy atom. The van der Waals surface area contributed by atoms with Crippen LogP contribution in [0.4, 0.5) is 4.39 Å². The zero-order chi connectivity index (χ0) is 12.8. The molecule has 0 aliphatic rings. The molecule has 0 N–H and O–H groups in total. The van der Waals surface area contributed by atoms with Crippen molar-refractivity contribution in [1.82, 2.24) is 0 Å². The van der Waals surface area contributed by atoms with Crippen LogP contribution in [-0.4, -0.2) is 6.21 Å². The highest BCUT2D eigenvalue weighted by atomic mass is 35.5. The Morgan fingerprint density at radius 2 is 1.83 bits per heavy atom. The summed E-state index contributed by atoms with van der Waals surface area (Å²) >= 11 is 5.95. The SMILES string of the molecule is Fc1ccc(/[C]=N\OCc2ccccc2Cl)cc1. The normalized spacial score (nSPS) is 10.8. The summed E-state index contributed by atoms with van der Waals surface area (Å²) in [6.07, 6.45) is 2.65. The second kappa shape index (κ2) is 6.17. The zero-order valence-electron chi connectivity index (χ0n) is 9.44. The Balaban J connectivity index is 1.89. The Morgan fingerprint density at radius 1 is 1.11 bits per heavy atom. The van der Waals surface area contributed by atoms with E-state index in [1.165, 1.54) is 12.1 Å². The largest absolute Gasteiger partial charge is 0.390 e. The quantitative estimate of drug-likeness (QED) is 0.605. The van der Waals surface area contributed by atoms with Crippen molar-refractivity contribution >= 4 is 17.8 Å². The fraction of sp³-hybridized carbons (Fsp3) is 0.0714. The highest BCUT2D eigenvalue weighted by Gasteiger charge is 1.98. The summed E-state index contributed by atoms with van der Waals surface area (Å²) in [6, 6.07) is 13.2. The molecule has 1 radical (unpaired) electrons. The summed E-state index contributed by atoms with van der Waals surface area (Å²) < 4.78 is 12.6. The molecule has 0 atom stereocenters. The van der Waals surface area contributed by atoms with E-state index in [-0.39, 0.29) is 12.4 Å². The third-order valence-electron chi connectivity index (χ3n) is 2.26. The second-order valence-corrected chi connectivity index (χ2v) is 3.98. The Hall–Kier alpha value is -1.87. The van der Waals surface area contributed by atoms with E-state index in [1.807, 2.05) is 18.2 Å². The van der Waals surface area contributed by atoms with Crippen molar-refractivity contribution < 1.29 is 9.23 Å². The van der Waals surface area contributed by atoms with Crippen molar-refractivity contribution in [2.75, 3.05) is 0 Å². The summed E-state index contributed by atoms with van der Waals surface area (Å²) in [5.41, 5.74) is 1.50. The Labute approximate surface area is 110 Å². The molecule has 0 aliphatic heterocycles. The van der Waals surface area contributed by atoms with Crippen LogP contribution in [0.2, 0.25) is 5.02 Å². The average molecular weight is 263 g/mol. The van der Waals surface area contributed by atoms with Gasteiger partial charge < -0.3 is 4.84 Å². The van der Waals surface area contributed by atoms with Crippen LogP contribution in [0.15, 0.2) is 53.7 Å². The van der Waals surface area contributed by atoms with Crippen molar-refractivity contribution in [2.45, 2.75) is 6.61 Å². The van der Waals surface area contributed by atoms with Gasteiger partial charge in [-0.3, -0.25) is 0 Å². The molecule has 0 aliphatic carbocycles. The van der Waals surface area contributed by atoms with Gasteiger partial charge in [-0.2, -0.15) is 0 Å². The van der Waals surface area contributed by atoms with Crippen molar-refractivity contribution in [3.63, 3.8) is 0 Å². The van der Waals surface area contributed by atoms with E-state index in [0.717, 1.165) is 5.56 Å². The van der Waals surface area contributed by atoms with E-state index in [2.05, 4.69) is 11.4 Å². The maximum Gasteiger partial charge on any atom is 0.143 e. The van der Waals surface area contributed by atoms with E-state index in [0.29, 0.717) is 10.6 Å². The molecule has 2 aromatic rings. The van der Waals surface area contributed by atoms with E-state index in [9.17, 15) is 4.39 Å². The molecule has 91 valence electrons. The minimum absolute atomic E-state index is 0.272. The third-order valence-corrected chi connectivity index (χ3v) is 2.63. The highest BCUT2D eigenvalue weighted by Crippen LogP contribution is 2.15. The van der Waals surface area contributed by atoms with Crippen LogP contribution >= 0.6 is 11.6 Å². The molecular formula is C14H10ClFNO. The third kappa shape index (κ3) is 3.57. The van der Waals surface area contributed by atoms with E-state index in [4.69, 9.17) is 16.4 Å². The molecular weight excluding hydrogens is 253 g/mol. The lowest BCUT2D eigenvalue weighted by Crippen LogP contribution is -1.89. The summed E-state index contributed by atoms with van der Waals surface area (Å²) in [5.74, 6) is -0.294. The van der Waals surface area contributed by atoms with Gasteiger partial charge in [0.15, 0.2) is 0 Å². The van der Waals surface area contributed by atoms with Crippen molar-refractivity contribution in [2.24, 2.45) is 5.16 Å². The summed E-state index contributed by atoms with van der Waals surface area (Å²) in [7, 11) is 0. The zero-order valence-corrected chi connectivity index (χ0v) is 10.2. The van der Waals surface area contributed by atoms with Crippen molar-refractivity contribution in [3.8, 4) is 0 Å². The van der Waals surface area contributed by atoms with Gasteiger partial charge in [0.1, 0.15) is 18.6 Å². The fourth-order valence-corrected chi connectivity index (χ4v) is 1.52. The molecule has 0 saturated heterocycles. The Kier molecular flexibility index (Phi) is 4.31. The molecule has 0 amide bonds. The first-order valence-corrected chi connectivity index (χ1v) is 5.70. The molecule has 4 heteroatoms. The van der Waals surface area contributed by atoms with Crippen LogP contribution in [0.1, 0.15) is 11.1 Å². The lowest BCUT2D eigenvalue weighted by molar-refractivity contribution is 0.132. The molecule has 18 heavy (non-hydrogen) atoms. The maximum absolute atomic E-state index is 12.6. The van der Waals surface area contributed by atoms with Crippen LogP contribution in [0, 0.1) is 5.82 Å². The molecule has 0 fully saturated rings. The molecule has 0 unspecified atom stereocenters. The van der Waals surface area contributed by atoms with Gasteiger partial charge in [-0.15, -0.1) is 0 Å². The number of nitrogens with zero attached hydrogens (tertiary/aromatic N) is 1. The van der Waals surface area contributed by atoms with Crippen molar-refractivity contribution in [1.29, 1.82) is 0 Å². The molecule has 0 spiro atoms. The van der Waals surface area contributed by atoms with Crippen LogP contribution in [-0.2, 0) is 11.4 Å². The van der Waals surface area contributed by atoms with Crippen LogP contribution < -0.4 is 0 Å². The average Bonchev–Trinajstić information content (AvgIpc) is 2.39. The Bertz CT molecular complexity index is 540. The van der Waals surface area contributed by atoms with Crippen LogP contribution in [0.3, 0.4) is 0 Å². The second-order valence-electron chi connectivity index (χ2n) is 3.57. The van der Waals surface area contributed by atoms with Gasteiger partial charge in [-0.1, -0.05) is 35.0 Å². The van der Waals surface area contributed by atoms with Crippen molar-refractivity contribution in [3.05, 3.63) is 70.5 Å². The first-order chi connectivity index (χ1) is 8.75. The van der Waals surface area contributed by atoms with E-state index >= 15 is 0 Å². The highest BCUT2D eigenvalue weighted by molar-refractivity contribution is 6.31. The molecule has 2 nitrogen and oxygen atoms in total. The van der Waals surface area contributed by atoms with Gasteiger partial charge in [0.25, 0.3) is 0 Å². The van der Waals surface area contributed by atoms with Gasteiger partial charge in [0.05, 0.1) is 0 Å². The number of benzene rings is 2. The molecule has 0 heterocycles. The monoisotopic (exact) mass is 262 g/mol. The number of halogens is 2. The fourth-order valence-electron chi connectivity index (χ4n) is 1.33. The molecule has 0 aromatic heterocycles. The lowest BCUT2D eigenvalue weighted by Gasteiger charge is -2.01. The predicted octanol–water partition coefficient (Wildman–Crippen LogP) is 3.91. The summed E-state index contributed by atoms with van der Waals surface area (Å²) in [6.45, 7) is 0.272. The van der Waals surface area contributed by atoms with Crippen LogP contribution in [0.5, 0.6) is 0 Å². The summed E-state index contributed by atoms with van der Waals surface area (Å²) in [5, 5.41) is 4.31. The number of hydrogen-bond acceptors (Lipinski definition) is 2. The van der Waals surface area contributed by atoms with Gasteiger partial charge in [0.2, 0.25) is 0 Å². The minimum atomic E-state index is -0.294.